The first-order valence-corrected chi connectivity index (χ1v) is 9.75. The van der Waals surface area contributed by atoms with Crippen molar-refractivity contribution >= 4 is 28.9 Å². The fourth-order valence-electron chi connectivity index (χ4n) is 2.62. The number of hydrogen-bond acceptors (Lipinski definition) is 7. The molecule has 2 N–H and O–H groups in total. The molecular weight excluding hydrogens is 378 g/mol. The molecule has 0 aliphatic carbocycles. The zero-order valence-corrected chi connectivity index (χ0v) is 17.1. The van der Waals surface area contributed by atoms with E-state index in [0.29, 0.717) is 29.7 Å². The number of fused-ring (bicyclic) bond motifs is 1. The molecule has 0 saturated carbocycles. The number of hydrogen-bond donors (Lipinski definition) is 2. The van der Waals surface area contributed by atoms with Gasteiger partial charge < -0.3 is 15.4 Å². The second-order valence-corrected chi connectivity index (χ2v) is 7.05. The number of ether oxygens (including phenoxy) is 1. The van der Waals surface area contributed by atoms with Crippen molar-refractivity contribution in [2.24, 2.45) is 4.99 Å². The summed E-state index contributed by atoms with van der Waals surface area (Å²) >= 11 is 1.33. The summed E-state index contributed by atoms with van der Waals surface area (Å²) < 4.78 is 7.00. The van der Waals surface area contributed by atoms with Crippen LogP contribution in [-0.2, 0) is 11.3 Å². The van der Waals surface area contributed by atoms with Crippen molar-refractivity contribution in [2.45, 2.75) is 33.4 Å². The molecule has 0 spiro atoms. The van der Waals surface area contributed by atoms with Gasteiger partial charge in [0.05, 0.1) is 24.9 Å². The summed E-state index contributed by atoms with van der Waals surface area (Å²) in [6.45, 7) is 6.36. The molecule has 0 aliphatic heterocycles. The number of carbonyl (C=O) groups excluding carboxylic acids is 1. The van der Waals surface area contributed by atoms with Gasteiger partial charge in [-0.1, -0.05) is 6.07 Å². The highest BCUT2D eigenvalue weighted by molar-refractivity contribution is 7.13. The number of pyridine rings is 1. The number of guanidine groups is 1. The van der Waals surface area contributed by atoms with E-state index < -0.39 is 0 Å². The van der Waals surface area contributed by atoms with Crippen LogP contribution >= 0.6 is 11.3 Å². The monoisotopic (exact) mass is 401 g/mol. The fourth-order valence-corrected chi connectivity index (χ4v) is 3.59. The van der Waals surface area contributed by atoms with Gasteiger partial charge in [-0.05, 0) is 32.9 Å². The largest absolute Gasteiger partial charge is 0.462 e. The number of esters is 1. The van der Waals surface area contributed by atoms with Crippen molar-refractivity contribution in [3.05, 3.63) is 45.8 Å². The maximum atomic E-state index is 12.0. The number of aryl methyl sites for hydroxylation is 1. The second-order valence-electron chi connectivity index (χ2n) is 6.02. The van der Waals surface area contributed by atoms with Crippen LogP contribution in [0.25, 0.3) is 5.65 Å². The van der Waals surface area contributed by atoms with Gasteiger partial charge in [0.25, 0.3) is 0 Å². The fraction of sp³-hybridized carbons (Fsp3) is 0.389. The summed E-state index contributed by atoms with van der Waals surface area (Å²) in [6, 6.07) is 5.62. The lowest BCUT2D eigenvalue weighted by molar-refractivity contribution is 0.0531. The number of nitrogens with zero attached hydrogens (tertiary/aromatic N) is 5. The minimum Gasteiger partial charge on any atom is -0.462 e. The molecule has 3 aromatic heterocycles. The molecule has 0 radical (unpaired) electrons. The van der Waals surface area contributed by atoms with Gasteiger partial charge in [-0.2, -0.15) is 0 Å². The summed E-state index contributed by atoms with van der Waals surface area (Å²) in [5, 5.41) is 15.6. The van der Waals surface area contributed by atoms with Crippen LogP contribution in [-0.4, -0.2) is 45.2 Å². The third-order valence-electron chi connectivity index (χ3n) is 4.02. The number of rotatable bonds is 6. The Kier molecular flexibility index (Phi) is 6.19. The predicted octanol–water partition coefficient (Wildman–Crippen LogP) is 2.10. The van der Waals surface area contributed by atoms with E-state index in [-0.39, 0.29) is 12.0 Å². The maximum Gasteiger partial charge on any atom is 0.350 e. The standard InChI is InChI=1S/C18H23N7O2S/c1-5-27-17(26)15-11(2)21-16(28-15)12(3)22-18(19-4)20-10-14-24-23-13-8-6-7-9-25(13)14/h6-9,12H,5,10H2,1-4H3,(H2,19,20,22). The topological polar surface area (TPSA) is 106 Å². The van der Waals surface area contributed by atoms with Crippen molar-refractivity contribution in [3.63, 3.8) is 0 Å². The molecule has 148 valence electrons. The van der Waals surface area contributed by atoms with E-state index >= 15 is 0 Å². The maximum absolute atomic E-state index is 12.0. The molecule has 10 heteroatoms. The van der Waals surface area contributed by atoms with E-state index in [1.807, 2.05) is 42.6 Å². The van der Waals surface area contributed by atoms with Crippen molar-refractivity contribution < 1.29 is 9.53 Å². The van der Waals surface area contributed by atoms with Crippen LogP contribution in [0.2, 0.25) is 0 Å². The first-order valence-electron chi connectivity index (χ1n) is 8.93. The van der Waals surface area contributed by atoms with Gasteiger partial charge in [0.1, 0.15) is 9.88 Å². The van der Waals surface area contributed by atoms with Crippen LogP contribution in [0.5, 0.6) is 0 Å². The van der Waals surface area contributed by atoms with Crippen molar-refractivity contribution in [1.82, 2.24) is 30.2 Å². The number of carbonyl (C=O) groups is 1. The zero-order valence-electron chi connectivity index (χ0n) is 16.3. The van der Waals surface area contributed by atoms with Crippen LogP contribution in [0.4, 0.5) is 0 Å². The number of aliphatic imine (C=N–C) groups is 1. The van der Waals surface area contributed by atoms with Gasteiger partial charge in [-0.25, -0.2) is 9.78 Å². The van der Waals surface area contributed by atoms with Gasteiger partial charge >= 0.3 is 5.97 Å². The minimum atomic E-state index is -0.336. The SMILES string of the molecule is CCOC(=O)c1sc(C(C)NC(=NC)NCc2nnc3ccccn23)nc1C. The third kappa shape index (κ3) is 4.28. The molecule has 0 bridgehead atoms. The lowest BCUT2D eigenvalue weighted by atomic mass is 10.3. The quantitative estimate of drug-likeness (QED) is 0.370. The molecule has 9 nitrogen and oxygen atoms in total. The Morgan fingerprint density at radius 1 is 1.39 bits per heavy atom. The van der Waals surface area contributed by atoms with Crippen LogP contribution in [0, 0.1) is 6.92 Å². The molecule has 0 aromatic carbocycles. The Morgan fingerprint density at radius 3 is 2.96 bits per heavy atom. The third-order valence-corrected chi connectivity index (χ3v) is 5.34. The lowest BCUT2D eigenvalue weighted by Crippen LogP contribution is -2.38. The molecule has 28 heavy (non-hydrogen) atoms. The van der Waals surface area contributed by atoms with E-state index in [9.17, 15) is 4.79 Å². The summed E-state index contributed by atoms with van der Waals surface area (Å²) in [7, 11) is 1.70. The highest BCUT2D eigenvalue weighted by Crippen LogP contribution is 2.24. The highest BCUT2D eigenvalue weighted by atomic mass is 32.1. The van der Waals surface area contributed by atoms with Gasteiger partial charge in [-0.15, -0.1) is 21.5 Å². The Balaban J connectivity index is 1.64. The molecule has 3 heterocycles. The zero-order chi connectivity index (χ0) is 20.1. The van der Waals surface area contributed by atoms with Gasteiger partial charge in [0, 0.05) is 13.2 Å². The first kappa shape index (κ1) is 19.7. The Morgan fingerprint density at radius 2 is 2.21 bits per heavy atom. The van der Waals surface area contributed by atoms with Crippen molar-refractivity contribution in [2.75, 3.05) is 13.7 Å². The summed E-state index contributed by atoms with van der Waals surface area (Å²) in [5.41, 5.74) is 1.46. The Hall–Kier alpha value is -3.01. The lowest BCUT2D eigenvalue weighted by Gasteiger charge is -2.15. The van der Waals surface area contributed by atoms with Crippen LogP contribution in [0.3, 0.4) is 0 Å². The minimum absolute atomic E-state index is 0.131. The molecule has 1 atom stereocenters. The van der Waals surface area contributed by atoms with Gasteiger partial charge in [0.15, 0.2) is 17.4 Å². The molecule has 1 unspecified atom stereocenters. The van der Waals surface area contributed by atoms with Crippen LogP contribution < -0.4 is 10.6 Å². The molecule has 0 saturated heterocycles. The van der Waals surface area contributed by atoms with Crippen molar-refractivity contribution in [3.8, 4) is 0 Å². The van der Waals surface area contributed by atoms with Gasteiger partial charge in [0.2, 0.25) is 0 Å². The predicted molar refractivity (Wildman–Crippen MR) is 108 cm³/mol. The molecule has 0 amide bonds. The summed E-state index contributed by atoms with van der Waals surface area (Å²) in [5.74, 6) is 1.05. The van der Waals surface area contributed by atoms with E-state index in [0.717, 1.165) is 16.5 Å². The normalized spacial score (nSPS) is 12.8. The molecular formula is C18H23N7O2S. The van der Waals surface area contributed by atoms with E-state index in [2.05, 4.69) is 30.8 Å². The van der Waals surface area contributed by atoms with Crippen molar-refractivity contribution in [1.29, 1.82) is 0 Å². The Labute approximate surface area is 166 Å². The molecule has 0 fully saturated rings. The number of nitrogens with one attached hydrogen (secondary N) is 2. The smallest absolute Gasteiger partial charge is 0.350 e. The van der Waals surface area contributed by atoms with Gasteiger partial charge in [-0.3, -0.25) is 9.39 Å². The number of aromatic nitrogens is 4. The molecule has 0 aliphatic rings. The van der Waals surface area contributed by atoms with E-state index in [1.165, 1.54) is 11.3 Å². The highest BCUT2D eigenvalue weighted by Gasteiger charge is 2.20. The first-order chi connectivity index (χ1) is 13.5. The average molecular weight is 401 g/mol. The Bertz CT molecular complexity index is 995. The molecule has 3 aromatic rings. The second kappa shape index (κ2) is 8.79. The van der Waals surface area contributed by atoms with E-state index in [4.69, 9.17) is 4.74 Å². The average Bonchev–Trinajstić information content (AvgIpc) is 3.29. The summed E-state index contributed by atoms with van der Waals surface area (Å²) in [6.07, 6.45) is 1.92. The summed E-state index contributed by atoms with van der Waals surface area (Å²) in [4.78, 5) is 21.3. The molecule has 3 rings (SSSR count). The van der Waals surface area contributed by atoms with Crippen LogP contribution in [0.1, 0.15) is 46.1 Å². The van der Waals surface area contributed by atoms with Crippen LogP contribution in [0.15, 0.2) is 29.4 Å². The number of thiazole rings is 1. The van der Waals surface area contributed by atoms with E-state index in [1.54, 1.807) is 14.0 Å².